The van der Waals surface area contributed by atoms with E-state index in [0.717, 1.165) is 37.2 Å². The Bertz CT molecular complexity index is 2250. The van der Waals surface area contributed by atoms with E-state index < -0.39 is 41.9 Å². The zero-order chi connectivity index (χ0) is 58.4. The average Bonchev–Trinajstić information content (AvgIpc) is 4.31. The first-order valence-electron chi connectivity index (χ1n) is 28.0. The van der Waals surface area contributed by atoms with Crippen LogP contribution in [0.2, 0.25) is 0 Å². The fourth-order valence-corrected chi connectivity index (χ4v) is 12.6. The molecule has 4 aliphatic heterocycles. The van der Waals surface area contributed by atoms with Crippen LogP contribution in [0.25, 0.3) is 0 Å². The van der Waals surface area contributed by atoms with Gasteiger partial charge in [0.25, 0.3) is 11.8 Å². The number of esters is 2. The smallest absolute Gasteiger partial charge is 0.328 e. The Balaban J connectivity index is 1.06. The highest BCUT2D eigenvalue weighted by atomic mass is 32.2. The summed E-state index contributed by atoms with van der Waals surface area (Å²) >= 11 is 3.73. The van der Waals surface area contributed by atoms with Gasteiger partial charge in [-0.2, -0.15) is 23.5 Å². The normalized spacial score (nSPS) is 20.1. The van der Waals surface area contributed by atoms with E-state index in [0.29, 0.717) is 80.5 Å². The number of anilines is 1. The largest absolute Gasteiger partial charge is 0.467 e. The van der Waals surface area contributed by atoms with Gasteiger partial charge in [0, 0.05) is 90.7 Å². The Hall–Kier alpha value is -6.50. The topological polar surface area (TPSA) is 359 Å². The molecule has 7 amide bonds. The number of carbonyl (C=O) groups is 8. The zero-order valence-electron chi connectivity index (χ0n) is 46.6. The molecule has 448 valence electrons. The molecule has 0 aromatic heterocycles. The van der Waals surface area contributed by atoms with E-state index in [2.05, 4.69) is 63.8 Å². The van der Waals surface area contributed by atoms with Gasteiger partial charge in [0.1, 0.15) is 12.1 Å². The first kappa shape index (κ1) is 65.3. The van der Waals surface area contributed by atoms with Crippen molar-refractivity contribution in [3.63, 3.8) is 0 Å². The third-order valence-corrected chi connectivity index (χ3v) is 16.8. The van der Waals surface area contributed by atoms with Crippen LogP contribution < -0.4 is 59.3 Å². The number of benzene rings is 1. The number of rotatable bonds is 38. The Morgan fingerprint density at radius 3 is 1.57 bits per heavy atom. The Labute approximate surface area is 482 Å². The number of thioether (sulfide) groups is 2. The molecule has 0 radical (unpaired) electrons. The second kappa shape index (κ2) is 36.1. The van der Waals surface area contributed by atoms with Gasteiger partial charge in [-0.25, -0.2) is 24.4 Å². The minimum atomic E-state index is -0.860. The predicted molar refractivity (Wildman–Crippen MR) is 311 cm³/mol. The summed E-state index contributed by atoms with van der Waals surface area (Å²) < 4.78 is 20.9. The maximum Gasteiger partial charge on any atom is 0.328 e. The molecule has 0 spiro atoms. The van der Waals surface area contributed by atoms with Gasteiger partial charge in [-0.1, -0.05) is 12.8 Å². The van der Waals surface area contributed by atoms with Crippen LogP contribution in [-0.2, 0) is 42.9 Å². The molecule has 1 aromatic carbocycles. The lowest BCUT2D eigenvalue weighted by molar-refractivity contribution is -0.145. The monoisotopic (exact) mass is 1170 g/mol. The number of hydrogen-bond acceptors (Lipinski definition) is 20. The molecule has 13 N–H and O–H groups in total. The molecule has 0 aliphatic carbocycles. The van der Waals surface area contributed by atoms with Crippen molar-refractivity contribution in [2.24, 2.45) is 21.5 Å². The number of urea groups is 1. The van der Waals surface area contributed by atoms with E-state index in [4.69, 9.17) is 36.8 Å². The molecule has 8 atom stereocenters. The number of aliphatic imine (C=N–C) groups is 2. The zero-order valence-corrected chi connectivity index (χ0v) is 48.2. The summed E-state index contributed by atoms with van der Waals surface area (Å²) in [5.74, 6) is 2.43. The number of unbranched alkanes of at least 4 members (excludes halogenated alkanes) is 4. The molecule has 5 rings (SSSR count). The number of hydrogen-bond donors (Lipinski definition) is 11. The lowest BCUT2D eigenvalue weighted by Crippen LogP contribution is -2.41. The first-order valence-corrected chi connectivity index (χ1v) is 30.1. The summed E-state index contributed by atoms with van der Waals surface area (Å²) in [7, 11) is 2.52. The molecule has 2 fully saturated rings. The minimum absolute atomic E-state index is 0.0874. The van der Waals surface area contributed by atoms with Crippen molar-refractivity contribution in [3.8, 4) is 12.3 Å². The Morgan fingerprint density at radius 1 is 0.617 bits per heavy atom. The first-order chi connectivity index (χ1) is 39.2. The number of terminal acetylenes is 1. The van der Waals surface area contributed by atoms with Gasteiger partial charge in [-0.3, -0.25) is 24.0 Å². The molecule has 25 nitrogen and oxygen atoms in total. The van der Waals surface area contributed by atoms with Crippen molar-refractivity contribution >= 4 is 88.6 Å². The molecule has 4 aliphatic rings. The summed E-state index contributed by atoms with van der Waals surface area (Å²) in [6.45, 7) is 1.82. The summed E-state index contributed by atoms with van der Waals surface area (Å²) in [6.07, 6.45) is 13.4. The molecular formula is C54H83N13O12S2. The van der Waals surface area contributed by atoms with Crippen LogP contribution in [0.5, 0.6) is 0 Å². The van der Waals surface area contributed by atoms with Crippen molar-refractivity contribution in [3.05, 3.63) is 29.3 Å². The fraction of sp³-hybridized carbons (Fsp3) is 0.667. The number of carbonyl (C=O) groups excluding carboxylic acids is 8. The van der Waals surface area contributed by atoms with Crippen molar-refractivity contribution < 1.29 is 57.3 Å². The van der Waals surface area contributed by atoms with Crippen LogP contribution in [0.3, 0.4) is 0 Å². The van der Waals surface area contributed by atoms with Crippen molar-refractivity contribution in [2.75, 3.05) is 83.6 Å². The second-order valence-corrected chi connectivity index (χ2v) is 22.5. The summed E-state index contributed by atoms with van der Waals surface area (Å²) in [4.78, 5) is 112. The van der Waals surface area contributed by atoms with Gasteiger partial charge in [0.15, 0.2) is 11.9 Å². The van der Waals surface area contributed by atoms with Crippen molar-refractivity contribution in [1.82, 2.24) is 42.5 Å². The lowest BCUT2D eigenvalue weighted by Gasteiger charge is -2.17. The van der Waals surface area contributed by atoms with Gasteiger partial charge in [0.05, 0.1) is 64.8 Å². The summed E-state index contributed by atoms with van der Waals surface area (Å²) in [5, 5.41) is 26.4. The predicted octanol–water partition coefficient (Wildman–Crippen LogP) is 1.15. The number of nitrogens with two attached hydrogens (primary N) is 2. The Morgan fingerprint density at radius 2 is 1.10 bits per heavy atom. The number of nitrogens with zero attached hydrogens (tertiary/aromatic N) is 2. The van der Waals surface area contributed by atoms with E-state index in [9.17, 15) is 38.4 Å². The number of ether oxygens (including phenoxy) is 4. The van der Waals surface area contributed by atoms with E-state index >= 15 is 0 Å². The van der Waals surface area contributed by atoms with Gasteiger partial charge < -0.3 is 78.3 Å². The van der Waals surface area contributed by atoms with E-state index in [-0.39, 0.29) is 130 Å². The molecule has 0 bridgehead atoms. The highest BCUT2D eigenvalue weighted by Gasteiger charge is 2.41. The number of guanidine groups is 2. The van der Waals surface area contributed by atoms with Crippen LogP contribution in [0.1, 0.15) is 123 Å². The van der Waals surface area contributed by atoms with Crippen molar-refractivity contribution in [2.45, 2.75) is 149 Å². The standard InChI is InChI=1S/C54H83N13O12S2/c1-4-5-18-43(68)57-23-25-78-27-28-79-26-24-60-54(75)61-36-30-34(48(71)58-21-12-10-14-37(50(73)76-2)62-44(69)19-8-6-16-41-46-39(32-80-41)64-52(55)66-46)29-35(31-36)49(72)59-22-13-11-15-38(51(74)77-3)63-45(70)20-9-7-17-42-47-40(33-81-42)65-53(56)67-47/h1,29-31,37-42,46-47H,5-28,32-33H2,2-3H3,(H,57,68)(H,58,71)(H,59,72)(H,62,69)(H,63,70)(H3,55,64,66)(H3,56,65,67)(H2,60,61,75)/t37-,38-,39-,40-,41-,42-,46-,47-/m0/s1. The molecular weight excluding hydrogens is 1090 g/mol. The van der Waals surface area contributed by atoms with Crippen LogP contribution in [0.4, 0.5) is 10.5 Å². The highest BCUT2D eigenvalue weighted by molar-refractivity contribution is 8.00. The van der Waals surface area contributed by atoms with Crippen LogP contribution in [-0.4, -0.2) is 185 Å². The van der Waals surface area contributed by atoms with Crippen LogP contribution >= 0.6 is 23.5 Å². The fourth-order valence-electron chi connectivity index (χ4n) is 9.62. The number of fused-ring (bicyclic) bond motifs is 2. The average molecular weight is 1170 g/mol. The maximum atomic E-state index is 13.6. The molecule has 4 heterocycles. The lowest BCUT2D eigenvalue weighted by atomic mass is 10.0. The third kappa shape index (κ3) is 23.5. The van der Waals surface area contributed by atoms with E-state index in [1.807, 2.05) is 23.5 Å². The van der Waals surface area contributed by atoms with Gasteiger partial charge in [-0.05, 0) is 82.4 Å². The van der Waals surface area contributed by atoms with Gasteiger partial charge in [0.2, 0.25) is 17.7 Å². The summed E-state index contributed by atoms with van der Waals surface area (Å²) in [6, 6.07) is 2.76. The van der Waals surface area contributed by atoms with E-state index in [1.54, 1.807) is 0 Å². The van der Waals surface area contributed by atoms with Crippen molar-refractivity contribution in [1.29, 1.82) is 0 Å². The third-order valence-electron chi connectivity index (χ3n) is 13.8. The number of methoxy groups -OCH3 is 2. The Kier molecular flexibility index (Phi) is 29.1. The minimum Gasteiger partial charge on any atom is -0.467 e. The highest BCUT2D eigenvalue weighted by Crippen LogP contribution is 2.36. The van der Waals surface area contributed by atoms with Gasteiger partial charge in [-0.15, -0.1) is 12.3 Å². The quantitative estimate of drug-likeness (QED) is 0.0251. The van der Waals surface area contributed by atoms with Gasteiger partial charge >= 0.3 is 18.0 Å². The molecule has 0 unspecified atom stereocenters. The molecule has 0 saturated carbocycles. The maximum absolute atomic E-state index is 13.6. The molecule has 81 heavy (non-hydrogen) atoms. The molecule has 1 aromatic rings. The number of nitrogens with one attached hydrogen (secondary N) is 9. The summed E-state index contributed by atoms with van der Waals surface area (Å²) in [5.41, 5.74) is 12.0. The van der Waals surface area contributed by atoms with Crippen LogP contribution in [0.15, 0.2) is 28.2 Å². The molecule has 27 heteroatoms. The van der Waals surface area contributed by atoms with E-state index in [1.165, 1.54) is 32.4 Å². The second-order valence-electron chi connectivity index (χ2n) is 20.0. The molecule has 2 saturated heterocycles. The number of amides is 7. The van der Waals surface area contributed by atoms with Crippen LogP contribution in [0, 0.1) is 12.3 Å². The SMILES string of the molecule is C#CCCC(=O)NCCOCCOCCNC(=O)Nc1cc(C(=O)NCCCC[C@H](NC(=O)CCCC[C@@H]2SC[C@@H]3NC(N)=N[C@@H]32)C(=O)OC)cc(C(=O)NCCCC[C@H](NC(=O)CCCC[C@@H]2SC[C@@H]3NC(N)=N[C@@H]32)C(=O)OC)c1.